The van der Waals surface area contributed by atoms with Crippen LogP contribution in [-0.4, -0.2) is 16.1 Å². The van der Waals surface area contributed by atoms with Crippen molar-refractivity contribution in [3.63, 3.8) is 0 Å². The number of carbonyl (C=O) groups is 1. The fraction of sp³-hybridized carbons (Fsp3) is 0.0870. The summed E-state index contributed by atoms with van der Waals surface area (Å²) in [7, 11) is 0. The van der Waals surface area contributed by atoms with Crippen molar-refractivity contribution in [3.8, 4) is 11.1 Å². The van der Waals surface area contributed by atoms with E-state index in [4.69, 9.17) is 0 Å². The molecule has 1 heterocycles. The lowest BCUT2D eigenvalue weighted by molar-refractivity contribution is -0.137. The number of rotatable bonds is 4. The van der Waals surface area contributed by atoms with Crippen LogP contribution in [0.4, 0.5) is 29.3 Å². The molecule has 1 aromatic heterocycles. The van der Waals surface area contributed by atoms with Crippen molar-refractivity contribution in [3.05, 3.63) is 84.1 Å². The minimum Gasteiger partial charge on any atom is -0.392 e. The first-order valence-electron chi connectivity index (χ1n) is 9.40. The van der Waals surface area contributed by atoms with Crippen LogP contribution in [0.5, 0.6) is 0 Å². The van der Waals surface area contributed by atoms with E-state index in [1.807, 2.05) is 42.5 Å². The first-order chi connectivity index (χ1) is 14.8. The summed E-state index contributed by atoms with van der Waals surface area (Å²) in [4.78, 5) is 15.4. The lowest BCUT2D eigenvalue weighted by Crippen LogP contribution is -2.19. The highest BCUT2D eigenvalue weighted by Crippen LogP contribution is 2.31. The van der Waals surface area contributed by atoms with Gasteiger partial charge in [-0.2, -0.15) is 13.2 Å². The van der Waals surface area contributed by atoms with Gasteiger partial charge in [0.25, 0.3) is 0 Å². The summed E-state index contributed by atoms with van der Waals surface area (Å²) in [6.07, 6.45) is -2.78. The Labute approximate surface area is 175 Å². The van der Waals surface area contributed by atoms with Crippen LogP contribution in [0.2, 0.25) is 0 Å². The van der Waals surface area contributed by atoms with E-state index in [0.29, 0.717) is 5.69 Å². The summed E-state index contributed by atoms with van der Waals surface area (Å²) < 4.78 is 38.0. The molecule has 158 valence electrons. The third-order valence-electron chi connectivity index (χ3n) is 4.87. The number of benzene rings is 3. The van der Waals surface area contributed by atoms with E-state index in [1.54, 1.807) is 6.20 Å². The zero-order valence-corrected chi connectivity index (χ0v) is 16.1. The topological polar surface area (TPSA) is 77.2 Å². The number of aromatic amines is 1. The van der Waals surface area contributed by atoms with E-state index < -0.39 is 17.8 Å². The fourth-order valence-electron chi connectivity index (χ4n) is 3.23. The third kappa shape index (κ3) is 4.54. The summed E-state index contributed by atoms with van der Waals surface area (Å²) in [5.41, 5.74) is 3.52. The first kappa shape index (κ1) is 20.5. The first-order valence-corrected chi connectivity index (χ1v) is 9.40. The molecule has 4 N–H and O–H groups in total. The number of nitrogens with one attached hydrogen (secondary N) is 3. The second-order valence-electron chi connectivity index (χ2n) is 6.97. The van der Waals surface area contributed by atoms with Gasteiger partial charge in [0.05, 0.1) is 17.9 Å². The molecule has 0 unspecified atom stereocenters. The van der Waals surface area contributed by atoms with E-state index in [0.717, 1.165) is 39.7 Å². The molecule has 0 aliphatic carbocycles. The second-order valence-corrected chi connectivity index (χ2v) is 6.97. The van der Waals surface area contributed by atoms with Gasteiger partial charge in [0.15, 0.2) is 0 Å². The van der Waals surface area contributed by atoms with Crippen LogP contribution >= 0.6 is 0 Å². The molecular formula is C23H18F3N3O2. The van der Waals surface area contributed by atoms with Crippen molar-refractivity contribution < 1.29 is 23.1 Å². The largest absolute Gasteiger partial charge is 0.416 e. The quantitative estimate of drug-likeness (QED) is 0.324. The number of amides is 2. The van der Waals surface area contributed by atoms with Gasteiger partial charge in [-0.15, -0.1) is 0 Å². The Hall–Kier alpha value is -3.78. The Bertz CT molecular complexity index is 1210. The van der Waals surface area contributed by atoms with Gasteiger partial charge in [-0.3, -0.25) is 0 Å². The predicted molar refractivity (Wildman–Crippen MR) is 114 cm³/mol. The van der Waals surface area contributed by atoms with E-state index in [9.17, 15) is 23.1 Å². The van der Waals surface area contributed by atoms with E-state index in [2.05, 4.69) is 15.6 Å². The molecule has 0 aliphatic rings. The molecule has 0 spiro atoms. The molecule has 8 heteroatoms. The second kappa shape index (κ2) is 8.16. The molecule has 0 saturated carbocycles. The van der Waals surface area contributed by atoms with E-state index in [-0.39, 0.29) is 12.3 Å². The summed E-state index contributed by atoms with van der Waals surface area (Å²) >= 11 is 0. The number of urea groups is 1. The van der Waals surface area contributed by atoms with Gasteiger partial charge in [0.1, 0.15) is 0 Å². The Morgan fingerprint density at radius 1 is 0.903 bits per heavy atom. The van der Waals surface area contributed by atoms with Gasteiger partial charge in [0.2, 0.25) is 0 Å². The monoisotopic (exact) mass is 425 g/mol. The highest BCUT2D eigenvalue weighted by atomic mass is 19.4. The van der Waals surface area contributed by atoms with Gasteiger partial charge in [0, 0.05) is 22.8 Å². The van der Waals surface area contributed by atoms with Crippen molar-refractivity contribution in [1.82, 2.24) is 4.98 Å². The predicted octanol–water partition coefficient (Wildman–Crippen LogP) is 5.99. The van der Waals surface area contributed by atoms with Crippen LogP contribution in [0.3, 0.4) is 0 Å². The molecule has 5 nitrogen and oxygen atoms in total. The van der Waals surface area contributed by atoms with Gasteiger partial charge in [-0.25, -0.2) is 4.79 Å². The maximum Gasteiger partial charge on any atom is 0.416 e. The molecule has 0 saturated heterocycles. The van der Waals surface area contributed by atoms with Crippen molar-refractivity contribution in [2.45, 2.75) is 12.8 Å². The van der Waals surface area contributed by atoms with Crippen LogP contribution < -0.4 is 10.6 Å². The number of carbonyl (C=O) groups excluding carboxylic acids is 1. The molecule has 0 aliphatic heterocycles. The average molecular weight is 425 g/mol. The van der Waals surface area contributed by atoms with Crippen LogP contribution in [0.25, 0.3) is 22.0 Å². The molecular weight excluding hydrogens is 407 g/mol. The molecule has 0 bridgehead atoms. The fourth-order valence-corrected chi connectivity index (χ4v) is 3.23. The summed E-state index contributed by atoms with van der Waals surface area (Å²) in [6.45, 7) is -0.0285. The molecule has 0 fully saturated rings. The number of aliphatic hydroxyl groups is 1. The normalized spacial score (nSPS) is 11.5. The number of H-pyrrole nitrogens is 1. The molecule has 2 amide bonds. The van der Waals surface area contributed by atoms with Crippen LogP contribution in [-0.2, 0) is 12.8 Å². The molecule has 0 radical (unpaired) electrons. The van der Waals surface area contributed by atoms with Gasteiger partial charge < -0.3 is 20.7 Å². The smallest absolute Gasteiger partial charge is 0.392 e. The SMILES string of the molecule is O=C(Nc1ccc(C(F)(F)F)cc1)Nc1c[nH]c2ccc(-c3ccc(CO)cc3)cc12. The zero-order valence-electron chi connectivity index (χ0n) is 16.1. The number of fused-ring (bicyclic) bond motifs is 1. The van der Waals surface area contributed by atoms with Crippen LogP contribution in [0, 0.1) is 0 Å². The molecule has 3 aromatic carbocycles. The summed E-state index contributed by atoms with van der Waals surface area (Å²) in [5, 5.41) is 15.2. The zero-order chi connectivity index (χ0) is 22.0. The highest BCUT2D eigenvalue weighted by Gasteiger charge is 2.30. The summed E-state index contributed by atoms with van der Waals surface area (Å²) in [6, 6.07) is 16.9. The maximum absolute atomic E-state index is 12.7. The Morgan fingerprint density at radius 3 is 2.23 bits per heavy atom. The molecule has 4 rings (SSSR count). The number of alkyl halides is 3. The van der Waals surface area contributed by atoms with Crippen LogP contribution in [0.15, 0.2) is 72.9 Å². The standard InChI is InChI=1S/C23H18F3N3O2/c24-23(25,26)17-6-8-18(9-7-17)28-22(31)29-21-12-27-20-10-5-16(11-19(20)21)15-3-1-14(13-30)2-4-15/h1-12,27,30H,13H2,(H2,28,29,31). The number of aromatic nitrogens is 1. The van der Waals surface area contributed by atoms with Gasteiger partial charge in [-0.05, 0) is 53.1 Å². The summed E-state index contributed by atoms with van der Waals surface area (Å²) in [5.74, 6) is 0. The van der Waals surface area contributed by atoms with Crippen molar-refractivity contribution >= 4 is 28.3 Å². The molecule has 4 aromatic rings. The number of aliphatic hydroxyl groups excluding tert-OH is 1. The third-order valence-corrected chi connectivity index (χ3v) is 4.87. The Morgan fingerprint density at radius 2 is 1.58 bits per heavy atom. The minimum atomic E-state index is -4.43. The lowest BCUT2D eigenvalue weighted by atomic mass is 10.0. The van der Waals surface area contributed by atoms with Crippen molar-refractivity contribution in [2.24, 2.45) is 0 Å². The lowest BCUT2D eigenvalue weighted by Gasteiger charge is -2.10. The number of hydrogen-bond acceptors (Lipinski definition) is 2. The number of hydrogen-bond donors (Lipinski definition) is 4. The van der Waals surface area contributed by atoms with Crippen molar-refractivity contribution in [2.75, 3.05) is 10.6 Å². The highest BCUT2D eigenvalue weighted by molar-refractivity contribution is 6.06. The maximum atomic E-state index is 12.7. The Balaban J connectivity index is 1.52. The molecule has 31 heavy (non-hydrogen) atoms. The van der Waals surface area contributed by atoms with Gasteiger partial charge in [-0.1, -0.05) is 30.3 Å². The molecule has 0 atom stereocenters. The minimum absolute atomic E-state index is 0.0285. The van der Waals surface area contributed by atoms with E-state index >= 15 is 0 Å². The number of halogens is 3. The van der Waals surface area contributed by atoms with Crippen LogP contribution in [0.1, 0.15) is 11.1 Å². The Kier molecular flexibility index (Phi) is 5.39. The van der Waals surface area contributed by atoms with E-state index in [1.165, 1.54) is 12.1 Å². The number of anilines is 2. The average Bonchev–Trinajstić information content (AvgIpc) is 3.15. The van der Waals surface area contributed by atoms with Crippen molar-refractivity contribution in [1.29, 1.82) is 0 Å². The van der Waals surface area contributed by atoms with Gasteiger partial charge >= 0.3 is 12.2 Å².